The van der Waals surface area contributed by atoms with Crippen LogP contribution in [-0.2, 0) is 4.79 Å². The minimum absolute atomic E-state index is 0.166. The van der Waals surface area contributed by atoms with Crippen LogP contribution in [0.3, 0.4) is 0 Å². The number of unbranched alkanes of at least 4 members (excludes halogenated alkanes) is 2. The maximum Gasteiger partial charge on any atom is 0.383 e. The third-order valence-electron chi connectivity index (χ3n) is 3.00. The van der Waals surface area contributed by atoms with Crippen LogP contribution in [0.1, 0.15) is 25.7 Å². The maximum absolute atomic E-state index is 11.7. The molecule has 5 nitrogen and oxygen atoms in total. The molecule has 1 aromatic carbocycles. The lowest BCUT2D eigenvalue weighted by molar-refractivity contribution is -0.134. The first-order valence-corrected chi connectivity index (χ1v) is 6.70. The molecule has 0 bridgehead atoms. The summed E-state index contributed by atoms with van der Waals surface area (Å²) < 4.78 is 9.95. The second-order valence-corrected chi connectivity index (χ2v) is 4.57. The highest BCUT2D eigenvalue weighted by atomic mass is 16.6. The molecule has 1 heterocycles. The molecule has 2 aromatic rings. The molecular formula is C16H16O5. The van der Waals surface area contributed by atoms with Gasteiger partial charge in [0.2, 0.25) is 0 Å². The van der Waals surface area contributed by atoms with Gasteiger partial charge in [-0.1, -0.05) is 18.2 Å². The molecule has 0 atom stereocenters. The van der Waals surface area contributed by atoms with Gasteiger partial charge in [-0.15, -0.1) is 6.58 Å². The van der Waals surface area contributed by atoms with Gasteiger partial charge in [0.1, 0.15) is 5.58 Å². The Morgan fingerprint density at radius 2 is 2.10 bits per heavy atom. The lowest BCUT2D eigenvalue weighted by Gasteiger charge is -2.06. The smallest absolute Gasteiger partial charge is 0.383 e. The molecule has 110 valence electrons. The molecule has 0 aliphatic carbocycles. The number of fused-ring (bicyclic) bond motifs is 1. The molecule has 2 rings (SSSR count). The Balaban J connectivity index is 2.16. The van der Waals surface area contributed by atoms with E-state index in [1.165, 1.54) is 0 Å². The largest absolute Gasteiger partial charge is 0.504 e. The number of ether oxygens (including phenoxy) is 1. The van der Waals surface area contributed by atoms with Crippen LogP contribution >= 0.6 is 0 Å². The van der Waals surface area contributed by atoms with Gasteiger partial charge in [0, 0.05) is 6.42 Å². The highest BCUT2D eigenvalue weighted by molar-refractivity contribution is 5.86. The van der Waals surface area contributed by atoms with Gasteiger partial charge in [0.25, 0.3) is 5.75 Å². The Kier molecular flexibility index (Phi) is 4.77. The quantitative estimate of drug-likeness (QED) is 0.382. The number of carbonyl (C=O) groups is 1. The number of esters is 1. The normalized spacial score (nSPS) is 10.5. The Hall–Kier alpha value is -2.56. The van der Waals surface area contributed by atoms with Crippen molar-refractivity contribution < 1.29 is 19.1 Å². The number of benzene rings is 1. The summed E-state index contributed by atoms with van der Waals surface area (Å²) in [7, 11) is 0. The highest BCUT2D eigenvalue weighted by Gasteiger charge is 2.18. The third kappa shape index (κ3) is 3.51. The van der Waals surface area contributed by atoms with Crippen LogP contribution in [0.25, 0.3) is 11.0 Å². The number of carbonyl (C=O) groups excluding carboxylic acids is 1. The summed E-state index contributed by atoms with van der Waals surface area (Å²) in [4.78, 5) is 23.4. The van der Waals surface area contributed by atoms with E-state index in [0.29, 0.717) is 11.8 Å². The monoisotopic (exact) mass is 288 g/mol. The standard InChI is InChI=1S/C16H16O5/c1-2-3-4-5-10-13(17)21-15-14(18)11-8-6-7-9-12(11)20-16(15)19/h2,6-9,18H,1,3-5,10H2. The van der Waals surface area contributed by atoms with Crippen molar-refractivity contribution in [2.45, 2.75) is 25.7 Å². The number of aromatic hydroxyl groups is 1. The fraction of sp³-hybridized carbons (Fsp3) is 0.250. The molecule has 0 fully saturated rings. The average molecular weight is 288 g/mol. The zero-order chi connectivity index (χ0) is 15.2. The topological polar surface area (TPSA) is 76.7 Å². The number of rotatable bonds is 6. The van der Waals surface area contributed by atoms with E-state index >= 15 is 0 Å². The lowest BCUT2D eigenvalue weighted by Crippen LogP contribution is -2.14. The molecule has 0 amide bonds. The SMILES string of the molecule is C=CCCCCC(=O)Oc1c(O)c2ccccc2oc1=O. The molecule has 0 saturated heterocycles. The first kappa shape index (κ1) is 14.8. The van der Waals surface area contributed by atoms with Crippen molar-refractivity contribution in [2.24, 2.45) is 0 Å². The summed E-state index contributed by atoms with van der Waals surface area (Å²) >= 11 is 0. The minimum Gasteiger partial charge on any atom is -0.504 e. The van der Waals surface area contributed by atoms with Crippen LogP contribution in [0.4, 0.5) is 0 Å². The zero-order valence-electron chi connectivity index (χ0n) is 11.5. The summed E-state index contributed by atoms with van der Waals surface area (Å²) in [5.41, 5.74) is -0.628. The summed E-state index contributed by atoms with van der Waals surface area (Å²) in [6.45, 7) is 3.59. The first-order chi connectivity index (χ1) is 10.1. The van der Waals surface area contributed by atoms with E-state index in [9.17, 15) is 14.7 Å². The number of hydrogen-bond acceptors (Lipinski definition) is 5. The van der Waals surface area contributed by atoms with Gasteiger partial charge < -0.3 is 14.3 Å². The number of allylic oxidation sites excluding steroid dienone is 1. The Morgan fingerprint density at radius 1 is 1.33 bits per heavy atom. The van der Waals surface area contributed by atoms with Crippen molar-refractivity contribution in [1.82, 2.24) is 0 Å². The number of hydrogen-bond donors (Lipinski definition) is 1. The fourth-order valence-electron chi connectivity index (χ4n) is 1.93. The van der Waals surface area contributed by atoms with Crippen LogP contribution in [0.15, 0.2) is 46.1 Å². The number of para-hydroxylation sites is 1. The Morgan fingerprint density at radius 3 is 2.86 bits per heavy atom. The van der Waals surface area contributed by atoms with Gasteiger partial charge in [-0.25, -0.2) is 4.79 Å². The first-order valence-electron chi connectivity index (χ1n) is 6.70. The fourth-order valence-corrected chi connectivity index (χ4v) is 1.93. The summed E-state index contributed by atoms with van der Waals surface area (Å²) in [6, 6.07) is 6.49. The molecular weight excluding hydrogens is 272 g/mol. The van der Waals surface area contributed by atoms with Crippen LogP contribution < -0.4 is 10.4 Å². The van der Waals surface area contributed by atoms with Crippen molar-refractivity contribution in [3.63, 3.8) is 0 Å². The second kappa shape index (κ2) is 6.74. The van der Waals surface area contributed by atoms with Crippen molar-refractivity contribution in [2.75, 3.05) is 0 Å². The van der Waals surface area contributed by atoms with Crippen LogP contribution in [0.5, 0.6) is 11.5 Å². The minimum atomic E-state index is -0.870. The maximum atomic E-state index is 11.7. The lowest BCUT2D eigenvalue weighted by atomic mass is 10.2. The van der Waals surface area contributed by atoms with Crippen molar-refractivity contribution in [3.05, 3.63) is 47.3 Å². The van der Waals surface area contributed by atoms with Gasteiger partial charge in [-0.2, -0.15) is 0 Å². The van der Waals surface area contributed by atoms with Crippen LogP contribution in [-0.4, -0.2) is 11.1 Å². The molecule has 5 heteroatoms. The molecule has 1 aromatic heterocycles. The second-order valence-electron chi connectivity index (χ2n) is 4.57. The van der Waals surface area contributed by atoms with Gasteiger partial charge in [0.05, 0.1) is 5.39 Å². The van der Waals surface area contributed by atoms with Gasteiger partial charge in [-0.05, 0) is 31.4 Å². The summed E-state index contributed by atoms with van der Waals surface area (Å²) in [5.74, 6) is -1.40. The van der Waals surface area contributed by atoms with E-state index < -0.39 is 17.3 Å². The van der Waals surface area contributed by atoms with E-state index in [1.807, 2.05) is 0 Å². The van der Waals surface area contributed by atoms with E-state index in [0.717, 1.165) is 12.8 Å². The third-order valence-corrected chi connectivity index (χ3v) is 3.00. The van der Waals surface area contributed by atoms with E-state index in [-0.39, 0.29) is 17.8 Å². The summed E-state index contributed by atoms with van der Waals surface area (Å²) in [5, 5.41) is 10.4. The Labute approximate surface area is 121 Å². The molecule has 0 radical (unpaired) electrons. The van der Waals surface area contributed by atoms with Crippen molar-refractivity contribution in [1.29, 1.82) is 0 Å². The molecule has 0 saturated carbocycles. The zero-order valence-corrected chi connectivity index (χ0v) is 11.5. The molecule has 0 spiro atoms. The van der Waals surface area contributed by atoms with E-state index in [1.54, 1.807) is 30.3 Å². The molecule has 0 aliphatic rings. The van der Waals surface area contributed by atoms with Crippen LogP contribution in [0.2, 0.25) is 0 Å². The van der Waals surface area contributed by atoms with Gasteiger partial charge in [0.15, 0.2) is 5.75 Å². The van der Waals surface area contributed by atoms with Crippen LogP contribution in [0, 0.1) is 0 Å². The predicted molar refractivity (Wildman–Crippen MR) is 78.4 cm³/mol. The molecule has 21 heavy (non-hydrogen) atoms. The molecule has 1 N–H and O–H groups in total. The van der Waals surface area contributed by atoms with Crippen molar-refractivity contribution in [3.8, 4) is 11.5 Å². The highest BCUT2D eigenvalue weighted by Crippen LogP contribution is 2.31. The van der Waals surface area contributed by atoms with Crippen molar-refractivity contribution >= 4 is 16.9 Å². The van der Waals surface area contributed by atoms with Gasteiger partial charge in [-0.3, -0.25) is 4.79 Å². The average Bonchev–Trinajstić information content (AvgIpc) is 2.48. The molecule has 0 unspecified atom stereocenters. The van der Waals surface area contributed by atoms with E-state index in [4.69, 9.17) is 9.15 Å². The Bertz CT molecular complexity index is 714. The molecule has 0 aliphatic heterocycles. The van der Waals surface area contributed by atoms with E-state index in [2.05, 4.69) is 6.58 Å². The van der Waals surface area contributed by atoms with Gasteiger partial charge >= 0.3 is 11.6 Å². The predicted octanol–water partition coefficient (Wildman–Crippen LogP) is 3.15. The summed E-state index contributed by atoms with van der Waals surface area (Å²) in [6.07, 6.45) is 4.20.